The first-order chi connectivity index (χ1) is 9.38. The van der Waals surface area contributed by atoms with Crippen molar-refractivity contribution in [2.24, 2.45) is 0 Å². The Bertz CT molecular complexity index is 583. The molecule has 1 amide bonds. The fraction of sp³-hybridized carbons (Fsp3) is 0.462. The molecule has 1 heterocycles. The smallest absolute Gasteiger partial charge is 0.324 e. The number of carbonyl (C=O) groups excluding carboxylic acids is 1. The summed E-state index contributed by atoms with van der Waals surface area (Å²) in [7, 11) is -4.05. The van der Waals surface area contributed by atoms with Gasteiger partial charge in [0.2, 0.25) is 0 Å². The van der Waals surface area contributed by atoms with Crippen LogP contribution in [0.15, 0.2) is 29.2 Å². The monoisotopic (exact) mass is 298 g/mol. The summed E-state index contributed by atoms with van der Waals surface area (Å²) in [6, 6.07) is 6.30. The van der Waals surface area contributed by atoms with Gasteiger partial charge in [0.1, 0.15) is 4.90 Å². The van der Waals surface area contributed by atoms with Gasteiger partial charge in [-0.05, 0) is 26.0 Å². The maximum atomic E-state index is 12.0. The van der Waals surface area contributed by atoms with Gasteiger partial charge in [-0.25, -0.2) is 4.79 Å². The van der Waals surface area contributed by atoms with Crippen molar-refractivity contribution in [2.75, 3.05) is 19.6 Å². The number of nitrogens with zero attached hydrogens (tertiary/aromatic N) is 1. The lowest BCUT2D eigenvalue weighted by atomic mass is 10.2. The van der Waals surface area contributed by atoms with E-state index in [1.54, 1.807) is 12.1 Å². The second kappa shape index (κ2) is 5.80. The van der Waals surface area contributed by atoms with Crippen LogP contribution in [-0.2, 0) is 14.3 Å². The molecule has 7 heteroatoms. The number of benzene rings is 1. The Morgan fingerprint density at radius 2 is 2.00 bits per heavy atom. The molecule has 1 aliphatic rings. The van der Waals surface area contributed by atoms with Gasteiger partial charge in [-0.1, -0.05) is 17.7 Å². The normalized spacial score (nSPS) is 19.7. The summed E-state index contributed by atoms with van der Waals surface area (Å²) in [5.74, 6) is 0. The van der Waals surface area contributed by atoms with Crippen molar-refractivity contribution in [3.8, 4) is 0 Å². The average Bonchev–Trinajstić information content (AvgIpc) is 2.38. The Morgan fingerprint density at radius 1 is 1.35 bits per heavy atom. The number of hydrogen-bond donors (Lipinski definition) is 1. The standard InChI is InChI=1S/C13H18N2O4S/c1-10-3-5-12(6-4-10)20(17,18)19-13(16)15-8-7-14-11(2)9-15/h3-6,11,14H,7-9H2,1-2H3. The zero-order chi connectivity index (χ0) is 14.8. The molecule has 0 saturated carbocycles. The molecule has 0 bridgehead atoms. The van der Waals surface area contributed by atoms with Crippen molar-refractivity contribution in [1.82, 2.24) is 10.2 Å². The highest BCUT2D eigenvalue weighted by Gasteiger charge is 2.27. The summed E-state index contributed by atoms with van der Waals surface area (Å²) in [4.78, 5) is 13.3. The van der Waals surface area contributed by atoms with Crippen molar-refractivity contribution in [3.05, 3.63) is 29.8 Å². The maximum absolute atomic E-state index is 12.0. The highest BCUT2D eigenvalue weighted by molar-refractivity contribution is 7.87. The Labute approximate surface area is 118 Å². The van der Waals surface area contributed by atoms with E-state index in [1.165, 1.54) is 17.0 Å². The average molecular weight is 298 g/mol. The van der Waals surface area contributed by atoms with Crippen LogP contribution in [-0.4, -0.2) is 45.1 Å². The minimum Gasteiger partial charge on any atom is -0.324 e. The van der Waals surface area contributed by atoms with Gasteiger partial charge in [0, 0.05) is 25.7 Å². The summed E-state index contributed by atoms with van der Waals surface area (Å²) in [5, 5.41) is 3.17. The molecule has 0 aliphatic carbocycles. The molecule has 1 atom stereocenters. The number of piperazine rings is 1. The first-order valence-corrected chi connectivity index (χ1v) is 7.83. The predicted octanol–water partition coefficient (Wildman–Crippen LogP) is 1.11. The highest BCUT2D eigenvalue weighted by atomic mass is 32.2. The molecule has 20 heavy (non-hydrogen) atoms. The van der Waals surface area contributed by atoms with Gasteiger partial charge in [-0.3, -0.25) is 0 Å². The Morgan fingerprint density at radius 3 is 2.60 bits per heavy atom. The summed E-state index contributed by atoms with van der Waals surface area (Å²) in [5.41, 5.74) is 0.936. The van der Waals surface area contributed by atoms with Gasteiger partial charge in [0.05, 0.1) is 0 Å². The van der Waals surface area contributed by atoms with Crippen molar-refractivity contribution in [3.63, 3.8) is 0 Å². The van der Waals surface area contributed by atoms with Crippen LogP contribution in [0.25, 0.3) is 0 Å². The van der Waals surface area contributed by atoms with E-state index in [2.05, 4.69) is 9.50 Å². The van der Waals surface area contributed by atoms with Crippen molar-refractivity contribution in [2.45, 2.75) is 24.8 Å². The van der Waals surface area contributed by atoms with Crippen molar-refractivity contribution < 1.29 is 17.4 Å². The fourth-order valence-electron chi connectivity index (χ4n) is 2.00. The maximum Gasteiger partial charge on any atom is 0.425 e. The van der Waals surface area contributed by atoms with Crippen LogP contribution in [0.1, 0.15) is 12.5 Å². The van der Waals surface area contributed by atoms with Gasteiger partial charge in [-0.2, -0.15) is 8.42 Å². The highest BCUT2D eigenvalue weighted by Crippen LogP contribution is 2.15. The summed E-state index contributed by atoms with van der Waals surface area (Å²) in [6.45, 7) is 5.27. The summed E-state index contributed by atoms with van der Waals surface area (Å²) >= 11 is 0. The third kappa shape index (κ3) is 3.49. The number of aryl methyl sites for hydroxylation is 1. The largest absolute Gasteiger partial charge is 0.425 e. The molecule has 1 N–H and O–H groups in total. The first-order valence-electron chi connectivity index (χ1n) is 6.42. The molecule has 1 aromatic carbocycles. The fourth-order valence-corrected chi connectivity index (χ4v) is 2.86. The van der Waals surface area contributed by atoms with E-state index < -0.39 is 16.2 Å². The SMILES string of the molecule is Cc1ccc(S(=O)(=O)OC(=O)N2CCNC(C)C2)cc1. The van der Waals surface area contributed by atoms with E-state index >= 15 is 0 Å². The van der Waals surface area contributed by atoms with Gasteiger partial charge < -0.3 is 14.4 Å². The molecular formula is C13H18N2O4S. The van der Waals surface area contributed by atoms with Gasteiger partial charge in [0.15, 0.2) is 0 Å². The lowest BCUT2D eigenvalue weighted by molar-refractivity contribution is 0.139. The van der Waals surface area contributed by atoms with E-state index in [-0.39, 0.29) is 10.9 Å². The third-order valence-electron chi connectivity index (χ3n) is 3.12. The Kier molecular flexibility index (Phi) is 4.29. The molecule has 1 unspecified atom stereocenters. The first kappa shape index (κ1) is 14.8. The summed E-state index contributed by atoms with van der Waals surface area (Å²) in [6.07, 6.45) is -0.820. The van der Waals surface area contributed by atoms with Gasteiger partial charge >= 0.3 is 16.2 Å². The van der Waals surface area contributed by atoms with Crippen LogP contribution in [0.4, 0.5) is 4.79 Å². The molecule has 2 rings (SSSR count). The number of rotatable bonds is 2. The molecule has 1 aliphatic heterocycles. The molecular weight excluding hydrogens is 280 g/mol. The number of carbonyl (C=O) groups is 1. The van der Waals surface area contributed by atoms with Crippen LogP contribution < -0.4 is 5.32 Å². The molecule has 1 aromatic rings. The molecule has 1 fully saturated rings. The predicted molar refractivity (Wildman–Crippen MR) is 73.9 cm³/mol. The van der Waals surface area contributed by atoms with Gasteiger partial charge in [0.25, 0.3) is 0 Å². The lowest BCUT2D eigenvalue weighted by Crippen LogP contribution is -2.51. The lowest BCUT2D eigenvalue weighted by Gasteiger charge is -2.30. The second-order valence-electron chi connectivity index (χ2n) is 4.92. The van der Waals surface area contributed by atoms with E-state index in [0.717, 1.165) is 5.56 Å². The Balaban J connectivity index is 2.08. The van der Waals surface area contributed by atoms with E-state index in [0.29, 0.717) is 19.6 Å². The van der Waals surface area contributed by atoms with Crippen molar-refractivity contribution in [1.29, 1.82) is 0 Å². The van der Waals surface area contributed by atoms with Gasteiger partial charge in [-0.15, -0.1) is 0 Å². The number of nitrogens with one attached hydrogen (secondary N) is 1. The number of amides is 1. The van der Waals surface area contributed by atoms with Crippen LogP contribution in [0.5, 0.6) is 0 Å². The van der Waals surface area contributed by atoms with E-state index in [4.69, 9.17) is 0 Å². The molecule has 6 nitrogen and oxygen atoms in total. The van der Waals surface area contributed by atoms with Crippen LogP contribution in [0.2, 0.25) is 0 Å². The minimum atomic E-state index is -4.05. The van der Waals surface area contributed by atoms with E-state index in [9.17, 15) is 13.2 Å². The van der Waals surface area contributed by atoms with Crippen molar-refractivity contribution >= 4 is 16.2 Å². The molecule has 1 saturated heterocycles. The molecule has 0 aromatic heterocycles. The molecule has 0 radical (unpaired) electrons. The quantitative estimate of drug-likeness (QED) is 0.828. The topological polar surface area (TPSA) is 75.7 Å². The van der Waals surface area contributed by atoms with Crippen LogP contribution >= 0.6 is 0 Å². The molecule has 110 valence electrons. The van der Waals surface area contributed by atoms with E-state index in [1.807, 2.05) is 13.8 Å². The second-order valence-corrected chi connectivity index (χ2v) is 6.46. The van der Waals surface area contributed by atoms with Crippen LogP contribution in [0, 0.1) is 6.92 Å². The zero-order valence-electron chi connectivity index (χ0n) is 11.5. The Hall–Kier alpha value is -1.60. The zero-order valence-corrected chi connectivity index (χ0v) is 12.3. The third-order valence-corrected chi connectivity index (χ3v) is 4.33. The van der Waals surface area contributed by atoms with Crippen LogP contribution in [0.3, 0.4) is 0 Å². The summed E-state index contributed by atoms with van der Waals surface area (Å²) < 4.78 is 28.7. The molecule has 0 spiro atoms. The number of hydrogen-bond acceptors (Lipinski definition) is 5. The minimum absolute atomic E-state index is 0.0142.